The third-order valence-electron chi connectivity index (χ3n) is 0.693. The van der Waals surface area contributed by atoms with Gasteiger partial charge >= 0.3 is 0 Å². The second-order valence-electron chi connectivity index (χ2n) is 1.22. The molecule has 1 rings (SSSR count). The van der Waals surface area contributed by atoms with Crippen molar-refractivity contribution in [2.75, 3.05) is 0 Å². The van der Waals surface area contributed by atoms with Crippen LogP contribution >= 0.6 is 27.3 Å². The number of halogens is 1. The average Bonchev–Trinajstić information content (AvgIpc) is 1.91. The van der Waals surface area contributed by atoms with E-state index in [-0.39, 0.29) is 0 Å². The van der Waals surface area contributed by atoms with Gasteiger partial charge in [-0.15, -0.1) is 11.3 Å². The van der Waals surface area contributed by atoms with Gasteiger partial charge in [0.25, 0.3) is 0 Å². The molecule has 0 amide bonds. The van der Waals surface area contributed by atoms with Crippen molar-refractivity contribution in [3.63, 3.8) is 0 Å². The van der Waals surface area contributed by atoms with Crippen LogP contribution in [0.2, 0.25) is 0 Å². The predicted octanol–water partition coefficient (Wildman–Crippen LogP) is 2.69. The molecule has 7 heavy (non-hydrogen) atoms. The van der Waals surface area contributed by atoms with Gasteiger partial charge in [-0.3, -0.25) is 0 Å². The van der Waals surface area contributed by atoms with Gasteiger partial charge in [-0.1, -0.05) is 0 Å². The van der Waals surface area contributed by atoms with E-state index in [1.165, 1.54) is 0 Å². The highest BCUT2D eigenvalue weighted by atomic mass is 79.9. The third kappa shape index (κ3) is 1.04. The zero-order valence-corrected chi connectivity index (χ0v) is 6.05. The lowest BCUT2D eigenvalue weighted by Crippen LogP contribution is -1.55. The van der Waals surface area contributed by atoms with Gasteiger partial charge in [0.2, 0.25) is 0 Å². The second kappa shape index (κ2) is 1.97. The molecule has 0 unspecified atom stereocenters. The lowest BCUT2D eigenvalue weighted by Gasteiger charge is -1.77. The van der Waals surface area contributed by atoms with E-state index in [0.29, 0.717) is 0 Å². The molecule has 0 fully saturated rings. The van der Waals surface area contributed by atoms with E-state index in [1.54, 1.807) is 11.3 Å². The smallest absolute Gasteiger partial charge is 0.0730 e. The summed E-state index contributed by atoms with van der Waals surface area (Å²) >= 11 is 4.98. The normalized spacial score (nSPS) is 9.43. The Hall–Kier alpha value is 0.180. The minimum absolute atomic E-state index is 1.07. The van der Waals surface area contributed by atoms with Gasteiger partial charge in [-0.2, -0.15) is 0 Å². The zero-order valence-electron chi connectivity index (χ0n) is 3.65. The molecule has 0 aliphatic rings. The van der Waals surface area contributed by atoms with E-state index in [0.717, 1.165) is 9.35 Å². The first-order valence-electron chi connectivity index (χ1n) is 1.85. The van der Waals surface area contributed by atoms with Crippen molar-refractivity contribution in [1.82, 2.24) is 0 Å². The Bertz CT molecular complexity index is 140. The van der Waals surface area contributed by atoms with Gasteiger partial charge in [-0.05, 0) is 39.9 Å². The SMILES string of the molecule is [CH2]c1ccsc1Br. The first kappa shape index (κ1) is 5.32. The number of rotatable bonds is 0. The number of hydrogen-bond donors (Lipinski definition) is 0. The third-order valence-corrected chi connectivity index (χ3v) is 2.50. The molecule has 0 bridgehead atoms. The van der Waals surface area contributed by atoms with Crippen LogP contribution in [0.4, 0.5) is 0 Å². The fraction of sp³-hybridized carbons (Fsp3) is 0. The van der Waals surface area contributed by atoms with Crippen molar-refractivity contribution in [2.45, 2.75) is 0 Å². The Morgan fingerprint density at radius 2 is 2.43 bits per heavy atom. The van der Waals surface area contributed by atoms with Gasteiger partial charge in [-0.25, -0.2) is 0 Å². The van der Waals surface area contributed by atoms with E-state index in [1.807, 2.05) is 11.4 Å². The zero-order chi connectivity index (χ0) is 5.28. The monoisotopic (exact) mass is 175 g/mol. The van der Waals surface area contributed by atoms with Gasteiger partial charge in [0.1, 0.15) is 0 Å². The molecule has 0 aromatic carbocycles. The summed E-state index contributed by atoms with van der Waals surface area (Å²) in [7, 11) is 0. The van der Waals surface area contributed by atoms with Crippen LogP contribution in [-0.2, 0) is 0 Å². The van der Waals surface area contributed by atoms with Gasteiger partial charge in [0, 0.05) is 0 Å². The van der Waals surface area contributed by atoms with Crippen LogP contribution in [0.5, 0.6) is 0 Å². The molecular weight excluding hydrogens is 172 g/mol. The molecule has 0 aliphatic heterocycles. The van der Waals surface area contributed by atoms with Crippen LogP contribution in [0.15, 0.2) is 15.2 Å². The molecule has 0 spiro atoms. The molecule has 0 nitrogen and oxygen atoms in total. The van der Waals surface area contributed by atoms with E-state index in [9.17, 15) is 0 Å². The maximum atomic E-state index is 3.74. The quantitative estimate of drug-likeness (QED) is 0.570. The van der Waals surface area contributed by atoms with Gasteiger partial charge in [0.05, 0.1) is 3.79 Å². The van der Waals surface area contributed by atoms with Crippen LogP contribution in [-0.4, -0.2) is 0 Å². The Morgan fingerprint density at radius 3 is 2.57 bits per heavy atom. The van der Waals surface area contributed by atoms with E-state index >= 15 is 0 Å². The lowest BCUT2D eigenvalue weighted by atomic mass is 10.4. The van der Waals surface area contributed by atoms with Crippen molar-refractivity contribution >= 4 is 27.3 Å². The maximum absolute atomic E-state index is 3.74. The van der Waals surface area contributed by atoms with Crippen LogP contribution < -0.4 is 0 Å². The summed E-state index contributed by atoms with van der Waals surface area (Å²) in [6.45, 7) is 3.74. The summed E-state index contributed by atoms with van der Waals surface area (Å²) in [5, 5.41) is 2.01. The Balaban J connectivity index is 3.12. The molecule has 0 N–H and O–H groups in total. The molecule has 1 radical (unpaired) electrons. The first-order chi connectivity index (χ1) is 3.30. The van der Waals surface area contributed by atoms with Crippen molar-refractivity contribution in [3.05, 3.63) is 27.7 Å². The molecule has 0 saturated carbocycles. The van der Waals surface area contributed by atoms with E-state index in [4.69, 9.17) is 0 Å². The molecule has 1 heterocycles. The second-order valence-corrected chi connectivity index (χ2v) is 3.45. The lowest BCUT2D eigenvalue weighted by molar-refractivity contribution is 1.75. The minimum atomic E-state index is 1.07. The van der Waals surface area contributed by atoms with Crippen molar-refractivity contribution < 1.29 is 0 Å². The first-order valence-corrected chi connectivity index (χ1v) is 3.53. The number of hydrogen-bond acceptors (Lipinski definition) is 1. The highest BCUT2D eigenvalue weighted by molar-refractivity contribution is 9.11. The molecule has 37 valence electrons. The van der Waals surface area contributed by atoms with Crippen molar-refractivity contribution in [2.24, 2.45) is 0 Å². The highest BCUT2D eigenvalue weighted by Gasteiger charge is 1.89. The van der Waals surface area contributed by atoms with E-state index < -0.39 is 0 Å². The molecule has 0 saturated heterocycles. The van der Waals surface area contributed by atoms with Crippen LogP contribution in [0.25, 0.3) is 0 Å². The average molecular weight is 176 g/mol. The Kier molecular flexibility index (Phi) is 1.50. The summed E-state index contributed by atoms with van der Waals surface area (Å²) in [6, 6.07) is 1.98. The largest absolute Gasteiger partial charge is 0.137 e. The minimum Gasteiger partial charge on any atom is -0.137 e. The Morgan fingerprint density at radius 1 is 1.71 bits per heavy atom. The summed E-state index contributed by atoms with van der Waals surface area (Å²) in [5.41, 5.74) is 1.07. The van der Waals surface area contributed by atoms with Crippen molar-refractivity contribution in [1.29, 1.82) is 0 Å². The molecule has 1 aromatic heterocycles. The van der Waals surface area contributed by atoms with Gasteiger partial charge < -0.3 is 0 Å². The van der Waals surface area contributed by atoms with Crippen LogP contribution in [0, 0.1) is 6.92 Å². The standard InChI is InChI=1S/C5H4BrS/c1-4-2-3-7-5(4)6/h2-3H,1H2. The fourth-order valence-electron chi connectivity index (χ4n) is 0.317. The molecule has 2 heteroatoms. The molecule has 0 aliphatic carbocycles. The molecule has 0 atom stereocenters. The highest BCUT2D eigenvalue weighted by Crippen LogP contribution is 2.21. The summed E-state index contributed by atoms with van der Waals surface area (Å²) in [4.78, 5) is 0. The molecular formula is C5H4BrS. The predicted molar refractivity (Wildman–Crippen MR) is 36.5 cm³/mol. The Labute approximate surface area is 55.3 Å². The summed E-state index contributed by atoms with van der Waals surface area (Å²) < 4.78 is 1.13. The number of thiophene rings is 1. The van der Waals surface area contributed by atoms with E-state index in [2.05, 4.69) is 22.9 Å². The maximum Gasteiger partial charge on any atom is 0.0730 e. The summed E-state index contributed by atoms with van der Waals surface area (Å²) in [5.74, 6) is 0. The van der Waals surface area contributed by atoms with Crippen molar-refractivity contribution in [3.8, 4) is 0 Å². The fourth-order valence-corrected chi connectivity index (χ4v) is 1.34. The topological polar surface area (TPSA) is 0 Å². The van der Waals surface area contributed by atoms with Gasteiger partial charge in [0.15, 0.2) is 0 Å². The van der Waals surface area contributed by atoms with Crippen LogP contribution in [0.3, 0.4) is 0 Å². The molecule has 1 aromatic rings. The van der Waals surface area contributed by atoms with Crippen LogP contribution in [0.1, 0.15) is 5.56 Å². The summed E-state index contributed by atoms with van der Waals surface area (Å²) in [6.07, 6.45) is 0.